The lowest BCUT2D eigenvalue weighted by molar-refractivity contribution is 0.572. The van der Waals surface area contributed by atoms with Crippen LogP contribution in [0, 0.1) is 5.82 Å². The number of benzene rings is 1. The summed E-state index contributed by atoms with van der Waals surface area (Å²) in [6.07, 6.45) is 1.10. The Labute approximate surface area is 94.9 Å². The summed E-state index contributed by atoms with van der Waals surface area (Å²) >= 11 is 0. The van der Waals surface area contributed by atoms with Gasteiger partial charge in [0.25, 0.3) is 0 Å². The van der Waals surface area contributed by atoms with Crippen LogP contribution >= 0.6 is 0 Å². The molecular formula is C10H15FN2O2S. The molecule has 0 unspecified atom stereocenters. The van der Waals surface area contributed by atoms with Gasteiger partial charge in [-0.15, -0.1) is 0 Å². The Bertz CT molecular complexity index is 434. The lowest BCUT2D eigenvalue weighted by atomic mass is 10.2. The third-order valence-electron chi connectivity index (χ3n) is 1.94. The summed E-state index contributed by atoms with van der Waals surface area (Å²) in [5, 5.41) is 2.95. The number of nitrogens with one attached hydrogen (secondary N) is 2. The number of halogens is 1. The van der Waals surface area contributed by atoms with Gasteiger partial charge in [0.15, 0.2) is 0 Å². The second kappa shape index (κ2) is 5.93. The molecule has 16 heavy (non-hydrogen) atoms. The van der Waals surface area contributed by atoms with Crippen molar-refractivity contribution in [3.05, 3.63) is 35.6 Å². The molecule has 1 aromatic rings. The molecule has 2 N–H and O–H groups in total. The quantitative estimate of drug-likeness (QED) is 0.717. The number of hydrogen-bond acceptors (Lipinski definition) is 3. The molecule has 1 aromatic carbocycles. The minimum atomic E-state index is -3.14. The molecule has 0 amide bonds. The molecule has 0 spiro atoms. The average molecular weight is 246 g/mol. The predicted octanol–water partition coefficient (Wildman–Crippen LogP) is 0.465. The Morgan fingerprint density at radius 3 is 2.56 bits per heavy atom. The summed E-state index contributed by atoms with van der Waals surface area (Å²) in [6.45, 7) is 1.15. The maximum absolute atomic E-state index is 13.1. The van der Waals surface area contributed by atoms with E-state index >= 15 is 0 Å². The summed E-state index contributed by atoms with van der Waals surface area (Å²) in [4.78, 5) is 0. The number of rotatable bonds is 6. The van der Waals surface area contributed by atoms with Gasteiger partial charge in [0.2, 0.25) is 10.0 Å². The highest BCUT2D eigenvalue weighted by Gasteiger charge is 2.00. The Kier molecular flexibility index (Phi) is 4.85. The van der Waals surface area contributed by atoms with E-state index in [1.807, 2.05) is 0 Å². The van der Waals surface area contributed by atoms with Crippen LogP contribution in [-0.2, 0) is 16.6 Å². The van der Waals surface area contributed by atoms with E-state index in [0.29, 0.717) is 25.2 Å². The van der Waals surface area contributed by atoms with Crippen LogP contribution < -0.4 is 10.0 Å². The maximum Gasteiger partial charge on any atom is 0.208 e. The van der Waals surface area contributed by atoms with Crippen LogP contribution in [0.5, 0.6) is 0 Å². The average Bonchev–Trinajstić information content (AvgIpc) is 2.18. The monoisotopic (exact) mass is 246 g/mol. The van der Waals surface area contributed by atoms with Gasteiger partial charge in [-0.1, -0.05) is 18.2 Å². The summed E-state index contributed by atoms with van der Waals surface area (Å²) in [6, 6.07) is 6.47. The van der Waals surface area contributed by atoms with E-state index < -0.39 is 10.0 Å². The highest BCUT2D eigenvalue weighted by molar-refractivity contribution is 7.88. The van der Waals surface area contributed by atoms with Crippen molar-refractivity contribution in [2.75, 3.05) is 19.3 Å². The van der Waals surface area contributed by atoms with Gasteiger partial charge in [-0.2, -0.15) is 0 Å². The highest BCUT2D eigenvalue weighted by atomic mass is 32.2. The van der Waals surface area contributed by atoms with Crippen molar-refractivity contribution in [1.82, 2.24) is 10.0 Å². The molecule has 90 valence electrons. The molecule has 0 aliphatic rings. The molecule has 0 aromatic heterocycles. The van der Waals surface area contributed by atoms with Crippen molar-refractivity contribution >= 4 is 10.0 Å². The minimum absolute atomic E-state index is 0.258. The Balaban J connectivity index is 2.24. The molecule has 0 atom stereocenters. The van der Waals surface area contributed by atoms with Crippen LogP contribution in [0.4, 0.5) is 4.39 Å². The number of sulfonamides is 1. The molecule has 4 nitrogen and oxygen atoms in total. The van der Waals surface area contributed by atoms with E-state index in [1.54, 1.807) is 18.2 Å². The summed E-state index contributed by atoms with van der Waals surface area (Å²) < 4.78 is 36.9. The fraction of sp³-hybridized carbons (Fsp3) is 0.400. The molecule has 0 fully saturated rings. The van der Waals surface area contributed by atoms with Gasteiger partial charge in [0.05, 0.1) is 6.26 Å². The second-order valence-electron chi connectivity index (χ2n) is 3.43. The Morgan fingerprint density at radius 1 is 1.25 bits per heavy atom. The smallest absolute Gasteiger partial charge is 0.208 e. The van der Waals surface area contributed by atoms with Gasteiger partial charge in [0.1, 0.15) is 5.82 Å². The van der Waals surface area contributed by atoms with Crippen LogP contribution in [0.1, 0.15) is 5.56 Å². The zero-order chi connectivity index (χ0) is 12.0. The van der Waals surface area contributed by atoms with Crippen LogP contribution in [0.15, 0.2) is 24.3 Å². The molecule has 0 bridgehead atoms. The van der Waals surface area contributed by atoms with Gasteiger partial charge < -0.3 is 5.32 Å². The first-order chi connectivity index (χ1) is 7.49. The van der Waals surface area contributed by atoms with Crippen molar-refractivity contribution in [2.45, 2.75) is 6.54 Å². The van der Waals surface area contributed by atoms with E-state index in [4.69, 9.17) is 0 Å². The Hall–Kier alpha value is -0.980. The molecule has 0 saturated heterocycles. The molecular weight excluding hydrogens is 231 g/mol. The fourth-order valence-electron chi connectivity index (χ4n) is 1.19. The summed E-state index contributed by atoms with van der Waals surface area (Å²) in [5.41, 5.74) is 0.571. The lowest BCUT2D eigenvalue weighted by Gasteiger charge is -2.06. The molecule has 1 rings (SSSR count). The SMILES string of the molecule is CS(=O)(=O)NCCNCc1ccccc1F. The van der Waals surface area contributed by atoms with Crippen LogP contribution in [0.25, 0.3) is 0 Å². The van der Waals surface area contributed by atoms with E-state index in [2.05, 4.69) is 10.0 Å². The summed E-state index contributed by atoms with van der Waals surface area (Å²) in [5.74, 6) is -0.258. The molecule has 0 heterocycles. The second-order valence-corrected chi connectivity index (χ2v) is 5.27. The van der Waals surface area contributed by atoms with E-state index in [9.17, 15) is 12.8 Å². The minimum Gasteiger partial charge on any atom is -0.311 e. The van der Waals surface area contributed by atoms with Crippen LogP contribution in [0.3, 0.4) is 0 Å². The van der Waals surface area contributed by atoms with Crippen LogP contribution in [-0.4, -0.2) is 27.8 Å². The molecule has 0 aliphatic carbocycles. The van der Waals surface area contributed by atoms with Gasteiger partial charge >= 0.3 is 0 Å². The third-order valence-corrected chi connectivity index (χ3v) is 2.67. The van der Waals surface area contributed by atoms with E-state index in [-0.39, 0.29) is 5.82 Å². The van der Waals surface area contributed by atoms with Gasteiger partial charge in [0, 0.05) is 25.2 Å². The summed E-state index contributed by atoms with van der Waals surface area (Å²) in [7, 11) is -3.14. The third kappa shape index (κ3) is 5.20. The van der Waals surface area contributed by atoms with Crippen molar-refractivity contribution < 1.29 is 12.8 Å². The van der Waals surface area contributed by atoms with Crippen LogP contribution in [0.2, 0.25) is 0 Å². The van der Waals surface area contributed by atoms with Crippen molar-refractivity contribution in [1.29, 1.82) is 0 Å². The maximum atomic E-state index is 13.1. The number of hydrogen-bond donors (Lipinski definition) is 2. The molecule has 0 aliphatic heterocycles. The lowest BCUT2D eigenvalue weighted by Crippen LogP contribution is -2.30. The first-order valence-corrected chi connectivity index (χ1v) is 6.77. The topological polar surface area (TPSA) is 58.2 Å². The Morgan fingerprint density at radius 2 is 1.94 bits per heavy atom. The molecule has 0 saturated carbocycles. The molecule has 6 heteroatoms. The van der Waals surface area contributed by atoms with Gasteiger partial charge in [-0.25, -0.2) is 17.5 Å². The zero-order valence-corrected chi connectivity index (χ0v) is 9.85. The first kappa shape index (κ1) is 13.1. The standard InChI is InChI=1S/C10H15FN2O2S/c1-16(14,15)13-7-6-12-8-9-4-2-3-5-10(9)11/h2-5,12-13H,6-8H2,1H3. The normalized spacial score (nSPS) is 11.6. The zero-order valence-electron chi connectivity index (χ0n) is 9.03. The largest absolute Gasteiger partial charge is 0.311 e. The van der Waals surface area contributed by atoms with Gasteiger partial charge in [-0.3, -0.25) is 0 Å². The predicted molar refractivity (Wildman–Crippen MR) is 61.0 cm³/mol. The van der Waals surface area contributed by atoms with E-state index in [1.165, 1.54) is 6.07 Å². The van der Waals surface area contributed by atoms with E-state index in [0.717, 1.165) is 6.26 Å². The molecule has 0 radical (unpaired) electrons. The first-order valence-electron chi connectivity index (χ1n) is 4.88. The van der Waals surface area contributed by atoms with Gasteiger partial charge in [-0.05, 0) is 6.07 Å². The fourth-order valence-corrected chi connectivity index (χ4v) is 1.66. The highest BCUT2D eigenvalue weighted by Crippen LogP contribution is 2.04. The van der Waals surface area contributed by atoms with Crippen molar-refractivity contribution in [2.24, 2.45) is 0 Å². The van der Waals surface area contributed by atoms with Crippen molar-refractivity contribution in [3.63, 3.8) is 0 Å². The van der Waals surface area contributed by atoms with Crippen molar-refractivity contribution in [3.8, 4) is 0 Å².